The Morgan fingerprint density at radius 1 is 1.43 bits per heavy atom. The largest absolute Gasteiger partial charge is 0.496 e. The lowest BCUT2D eigenvalue weighted by Gasteiger charge is -2.06. The molecule has 7 nitrogen and oxygen atoms in total. The molecule has 0 bridgehead atoms. The van der Waals surface area contributed by atoms with Crippen LogP contribution in [0.3, 0.4) is 0 Å². The van der Waals surface area contributed by atoms with Crippen LogP contribution in [0.4, 0.5) is 5.69 Å². The first-order valence-corrected chi connectivity index (χ1v) is 6.60. The fourth-order valence-corrected chi connectivity index (χ4v) is 2.01. The third-order valence-corrected chi connectivity index (χ3v) is 3.05. The van der Waals surface area contributed by atoms with Crippen molar-refractivity contribution in [3.05, 3.63) is 51.8 Å². The van der Waals surface area contributed by atoms with E-state index in [4.69, 9.17) is 4.74 Å². The molecular weight excluding hydrogens is 272 g/mol. The molecule has 2 aromatic rings. The summed E-state index contributed by atoms with van der Waals surface area (Å²) in [5.41, 5.74) is 1.87. The average molecular weight is 290 g/mol. The summed E-state index contributed by atoms with van der Waals surface area (Å²) in [7, 11) is 3.38. The predicted molar refractivity (Wildman–Crippen MR) is 78.3 cm³/mol. The van der Waals surface area contributed by atoms with Crippen LogP contribution in [0.5, 0.6) is 5.75 Å². The highest BCUT2D eigenvalue weighted by atomic mass is 16.6. The van der Waals surface area contributed by atoms with E-state index < -0.39 is 4.92 Å². The molecule has 1 N–H and O–H groups in total. The third-order valence-electron chi connectivity index (χ3n) is 3.05. The molecular formula is C14H18N4O3. The Morgan fingerprint density at radius 3 is 2.86 bits per heavy atom. The minimum absolute atomic E-state index is 0.0378. The average Bonchev–Trinajstić information content (AvgIpc) is 2.88. The normalized spacial score (nSPS) is 10.6. The van der Waals surface area contributed by atoms with Gasteiger partial charge in [0.05, 0.1) is 23.8 Å². The number of non-ortho nitro benzene ring substituents is 1. The molecule has 0 spiro atoms. The van der Waals surface area contributed by atoms with Crippen molar-refractivity contribution in [1.29, 1.82) is 0 Å². The first kappa shape index (κ1) is 15.0. The van der Waals surface area contributed by atoms with E-state index in [1.165, 1.54) is 13.2 Å². The minimum Gasteiger partial charge on any atom is -0.496 e. The van der Waals surface area contributed by atoms with E-state index in [9.17, 15) is 10.1 Å². The molecule has 0 unspecified atom stereocenters. The first-order chi connectivity index (χ1) is 10.1. The smallest absolute Gasteiger partial charge is 0.273 e. The lowest BCUT2D eigenvalue weighted by Crippen LogP contribution is -2.17. The highest BCUT2D eigenvalue weighted by Gasteiger charge is 2.10. The monoisotopic (exact) mass is 290 g/mol. The summed E-state index contributed by atoms with van der Waals surface area (Å²) in [6.07, 6.45) is 2.72. The molecule has 0 atom stereocenters. The number of ether oxygens (including phenoxy) is 1. The van der Waals surface area contributed by atoms with Gasteiger partial charge in [0.15, 0.2) is 0 Å². The van der Waals surface area contributed by atoms with E-state index >= 15 is 0 Å². The summed E-state index contributed by atoms with van der Waals surface area (Å²) in [5.74, 6) is 0.491. The van der Waals surface area contributed by atoms with Crippen LogP contribution in [0.1, 0.15) is 11.3 Å². The Balaban J connectivity index is 1.90. The number of nitro benzene ring substituents is 1. The zero-order valence-corrected chi connectivity index (χ0v) is 12.1. The number of aromatic nitrogens is 2. The van der Waals surface area contributed by atoms with Gasteiger partial charge in [-0.15, -0.1) is 0 Å². The minimum atomic E-state index is -0.417. The summed E-state index contributed by atoms with van der Waals surface area (Å²) in [4.78, 5) is 10.4. The van der Waals surface area contributed by atoms with E-state index in [2.05, 4.69) is 10.4 Å². The highest BCUT2D eigenvalue weighted by Crippen LogP contribution is 2.22. The van der Waals surface area contributed by atoms with Crippen molar-refractivity contribution >= 4 is 5.69 Å². The van der Waals surface area contributed by atoms with Gasteiger partial charge >= 0.3 is 0 Å². The van der Waals surface area contributed by atoms with Gasteiger partial charge in [0.1, 0.15) is 5.75 Å². The summed E-state index contributed by atoms with van der Waals surface area (Å²) >= 11 is 0. The van der Waals surface area contributed by atoms with Crippen molar-refractivity contribution in [2.24, 2.45) is 7.05 Å². The number of nitrogens with zero attached hydrogens (tertiary/aromatic N) is 3. The van der Waals surface area contributed by atoms with E-state index in [0.29, 0.717) is 12.3 Å². The molecule has 0 saturated heterocycles. The van der Waals surface area contributed by atoms with Gasteiger partial charge in [-0.05, 0) is 17.7 Å². The molecule has 7 heteroatoms. The van der Waals surface area contributed by atoms with Crippen LogP contribution in [-0.4, -0.2) is 28.4 Å². The van der Waals surface area contributed by atoms with Crippen LogP contribution >= 0.6 is 0 Å². The van der Waals surface area contributed by atoms with Crippen LogP contribution in [0.15, 0.2) is 30.5 Å². The van der Waals surface area contributed by atoms with E-state index in [-0.39, 0.29) is 5.69 Å². The summed E-state index contributed by atoms with van der Waals surface area (Å²) < 4.78 is 6.84. The van der Waals surface area contributed by atoms with E-state index in [0.717, 1.165) is 24.2 Å². The molecule has 1 heterocycles. The Hall–Kier alpha value is -2.41. The van der Waals surface area contributed by atoms with Crippen molar-refractivity contribution in [2.75, 3.05) is 13.7 Å². The quantitative estimate of drug-likeness (QED) is 0.476. The Bertz CT molecular complexity index is 624. The van der Waals surface area contributed by atoms with E-state index in [1.54, 1.807) is 16.8 Å². The van der Waals surface area contributed by atoms with Gasteiger partial charge in [0.25, 0.3) is 5.69 Å². The van der Waals surface area contributed by atoms with Gasteiger partial charge in [-0.3, -0.25) is 14.8 Å². The number of aryl methyl sites for hydroxylation is 1. The summed E-state index contributed by atoms with van der Waals surface area (Å²) in [5, 5.41) is 18.4. The zero-order chi connectivity index (χ0) is 15.2. The van der Waals surface area contributed by atoms with Gasteiger partial charge in [0, 0.05) is 38.8 Å². The molecule has 21 heavy (non-hydrogen) atoms. The molecule has 0 aliphatic carbocycles. The maximum atomic E-state index is 10.9. The van der Waals surface area contributed by atoms with E-state index in [1.807, 2.05) is 19.3 Å². The molecule has 112 valence electrons. The maximum absolute atomic E-state index is 10.9. The standard InChI is InChI=1S/C14H18N4O3/c1-17-6-4-12(16-17)3-5-15-10-11-7-13(18(19)20)9-14(8-11)21-2/h4,6-9,15H,3,5,10H2,1-2H3. The molecule has 0 radical (unpaired) electrons. The molecule has 0 aliphatic heterocycles. The lowest BCUT2D eigenvalue weighted by atomic mass is 10.2. The second kappa shape index (κ2) is 6.85. The van der Waals surface area contributed by atoms with Crippen molar-refractivity contribution < 1.29 is 9.66 Å². The molecule has 1 aromatic carbocycles. The van der Waals surface area contributed by atoms with Crippen LogP contribution in [-0.2, 0) is 20.0 Å². The fraction of sp³-hybridized carbons (Fsp3) is 0.357. The Kier molecular flexibility index (Phi) is 4.89. The molecule has 0 saturated carbocycles. The topological polar surface area (TPSA) is 82.2 Å². The molecule has 0 aliphatic rings. The Morgan fingerprint density at radius 2 is 2.24 bits per heavy atom. The number of nitro groups is 1. The van der Waals surface area contributed by atoms with Gasteiger partial charge in [-0.2, -0.15) is 5.10 Å². The van der Waals surface area contributed by atoms with Gasteiger partial charge in [-0.1, -0.05) is 0 Å². The summed E-state index contributed by atoms with van der Waals surface area (Å²) in [6, 6.07) is 6.73. The van der Waals surface area contributed by atoms with Crippen LogP contribution in [0.2, 0.25) is 0 Å². The first-order valence-electron chi connectivity index (χ1n) is 6.60. The van der Waals surface area contributed by atoms with Crippen LogP contribution < -0.4 is 10.1 Å². The van der Waals surface area contributed by atoms with Crippen molar-refractivity contribution in [1.82, 2.24) is 15.1 Å². The third kappa shape index (κ3) is 4.28. The fourth-order valence-electron chi connectivity index (χ4n) is 2.01. The number of rotatable bonds is 7. The zero-order valence-electron chi connectivity index (χ0n) is 12.1. The molecule has 0 fully saturated rings. The molecule has 2 rings (SSSR count). The van der Waals surface area contributed by atoms with Crippen LogP contribution in [0.25, 0.3) is 0 Å². The van der Waals surface area contributed by atoms with Gasteiger partial charge in [0.2, 0.25) is 0 Å². The number of methoxy groups -OCH3 is 1. The van der Waals surface area contributed by atoms with Gasteiger partial charge < -0.3 is 10.1 Å². The van der Waals surface area contributed by atoms with Gasteiger partial charge in [-0.25, -0.2) is 0 Å². The second-order valence-electron chi connectivity index (χ2n) is 4.70. The highest BCUT2D eigenvalue weighted by molar-refractivity contribution is 5.42. The van der Waals surface area contributed by atoms with Crippen molar-refractivity contribution in [3.63, 3.8) is 0 Å². The number of hydrogen-bond acceptors (Lipinski definition) is 5. The SMILES string of the molecule is COc1cc(CNCCc2ccn(C)n2)cc([N+](=O)[O-])c1. The molecule has 0 amide bonds. The van der Waals surface area contributed by atoms with Crippen LogP contribution in [0, 0.1) is 10.1 Å². The Labute approximate surface area is 122 Å². The summed E-state index contributed by atoms with van der Waals surface area (Å²) in [6.45, 7) is 1.30. The predicted octanol–water partition coefficient (Wildman–Crippen LogP) is 1.67. The number of nitrogens with one attached hydrogen (secondary N) is 1. The maximum Gasteiger partial charge on any atom is 0.273 e. The lowest BCUT2D eigenvalue weighted by molar-refractivity contribution is -0.385. The molecule has 1 aromatic heterocycles. The second-order valence-corrected chi connectivity index (χ2v) is 4.70. The van der Waals surface area contributed by atoms with Crippen molar-refractivity contribution in [3.8, 4) is 5.75 Å². The number of benzene rings is 1. The van der Waals surface area contributed by atoms with Crippen molar-refractivity contribution in [2.45, 2.75) is 13.0 Å². The number of hydrogen-bond donors (Lipinski definition) is 1.